The molecule has 34 heavy (non-hydrogen) atoms. The number of nitrogens with zero attached hydrogens (tertiary/aromatic N) is 8. The molecule has 0 saturated carbocycles. The zero-order chi connectivity index (χ0) is 23.8. The highest BCUT2D eigenvalue weighted by Gasteiger charge is 2.18. The molecule has 0 saturated heterocycles. The van der Waals surface area contributed by atoms with Crippen LogP contribution < -0.4 is 4.74 Å². The molecule has 4 heterocycles. The summed E-state index contributed by atoms with van der Waals surface area (Å²) in [6, 6.07) is 16.4. The Morgan fingerprint density at radius 1 is 1.06 bits per heavy atom. The number of fused-ring (bicyclic) bond motifs is 1. The first-order valence-corrected chi connectivity index (χ1v) is 10.5. The van der Waals surface area contributed by atoms with E-state index in [0.29, 0.717) is 28.8 Å². The molecule has 5 rings (SSSR count). The van der Waals surface area contributed by atoms with Gasteiger partial charge in [0.2, 0.25) is 5.88 Å². The third-order valence-electron chi connectivity index (χ3n) is 5.30. The minimum absolute atomic E-state index is 0.273. The van der Waals surface area contributed by atoms with Crippen LogP contribution >= 0.6 is 0 Å². The molecular formula is C24H20N8O2. The van der Waals surface area contributed by atoms with Crippen LogP contribution in [0.5, 0.6) is 11.6 Å². The molecule has 0 fully saturated rings. The van der Waals surface area contributed by atoms with Gasteiger partial charge in [-0.1, -0.05) is 0 Å². The topological polar surface area (TPSA) is 128 Å². The van der Waals surface area contributed by atoms with Gasteiger partial charge in [-0.2, -0.15) is 15.5 Å². The highest BCUT2D eigenvalue weighted by Crippen LogP contribution is 2.28. The summed E-state index contributed by atoms with van der Waals surface area (Å²) < 4.78 is 9.25. The van der Waals surface area contributed by atoms with Crippen LogP contribution in [0.15, 0.2) is 54.9 Å². The molecule has 0 aliphatic rings. The van der Waals surface area contributed by atoms with Gasteiger partial charge in [0, 0.05) is 23.4 Å². The predicted octanol–water partition coefficient (Wildman–Crippen LogP) is 3.73. The van der Waals surface area contributed by atoms with E-state index in [1.807, 2.05) is 48.7 Å². The van der Waals surface area contributed by atoms with Crippen molar-refractivity contribution >= 4 is 11.0 Å². The Balaban J connectivity index is 1.59. The van der Waals surface area contributed by atoms with E-state index in [1.54, 1.807) is 42.2 Å². The molecule has 1 unspecified atom stereocenters. The Morgan fingerprint density at radius 2 is 1.91 bits per heavy atom. The molecular weight excluding hydrogens is 432 g/mol. The SMILES string of the molecule is Cc1ccc(Oc2ccc3ncn(-c4ccc(C(C)O)c(-n5nc(C#N)cc5C)n4)c3c2)nn1. The second kappa shape index (κ2) is 8.38. The predicted molar refractivity (Wildman–Crippen MR) is 123 cm³/mol. The van der Waals surface area contributed by atoms with Gasteiger partial charge >= 0.3 is 0 Å². The van der Waals surface area contributed by atoms with Crippen LogP contribution in [0, 0.1) is 25.2 Å². The highest BCUT2D eigenvalue weighted by molar-refractivity contribution is 5.78. The fourth-order valence-electron chi connectivity index (χ4n) is 3.62. The minimum atomic E-state index is -0.777. The summed E-state index contributed by atoms with van der Waals surface area (Å²) in [6.07, 6.45) is 0.895. The fraction of sp³-hybridized carbons (Fsp3) is 0.167. The number of hydrogen-bond donors (Lipinski definition) is 1. The van der Waals surface area contributed by atoms with Gasteiger partial charge in [-0.05, 0) is 57.2 Å². The standard InChI is InChI=1S/C24H20N8O2/c1-14-4-9-23(29-28-14)34-18-5-7-20-21(11-18)31(13-26-20)22-8-6-19(16(3)33)24(27-22)32-15(2)10-17(12-25)30-32/h4-11,13,16,33H,1-3H3. The van der Waals surface area contributed by atoms with Gasteiger partial charge in [-0.15, -0.1) is 5.10 Å². The number of aliphatic hydroxyl groups is 1. The lowest BCUT2D eigenvalue weighted by Crippen LogP contribution is -2.10. The largest absolute Gasteiger partial charge is 0.437 e. The summed E-state index contributed by atoms with van der Waals surface area (Å²) in [4.78, 5) is 9.25. The number of ether oxygens (including phenoxy) is 1. The summed E-state index contributed by atoms with van der Waals surface area (Å²) in [5.41, 5.74) is 3.93. The van der Waals surface area contributed by atoms with Gasteiger partial charge < -0.3 is 9.84 Å². The maximum absolute atomic E-state index is 10.3. The maximum atomic E-state index is 10.3. The van der Waals surface area contributed by atoms with Crippen molar-refractivity contribution in [1.29, 1.82) is 5.26 Å². The van der Waals surface area contributed by atoms with Crippen LogP contribution in [0.2, 0.25) is 0 Å². The van der Waals surface area contributed by atoms with Crippen molar-refractivity contribution in [2.24, 2.45) is 0 Å². The molecule has 0 spiro atoms. The van der Waals surface area contributed by atoms with Crippen molar-refractivity contribution in [2.75, 3.05) is 0 Å². The van der Waals surface area contributed by atoms with Crippen LogP contribution in [0.1, 0.15) is 35.7 Å². The van der Waals surface area contributed by atoms with Crippen LogP contribution in [0.4, 0.5) is 0 Å². The summed E-state index contributed by atoms with van der Waals surface area (Å²) in [5, 5.41) is 31.9. The van der Waals surface area contributed by atoms with Gasteiger partial charge in [-0.3, -0.25) is 4.57 Å². The number of aryl methyl sites for hydroxylation is 2. The van der Waals surface area contributed by atoms with E-state index < -0.39 is 6.10 Å². The summed E-state index contributed by atoms with van der Waals surface area (Å²) in [6.45, 7) is 5.35. The van der Waals surface area contributed by atoms with Crippen LogP contribution in [-0.4, -0.2) is 39.6 Å². The fourth-order valence-corrected chi connectivity index (χ4v) is 3.62. The molecule has 10 nitrogen and oxygen atoms in total. The van der Waals surface area contributed by atoms with Gasteiger partial charge in [-0.25, -0.2) is 14.6 Å². The van der Waals surface area contributed by atoms with Gasteiger partial charge in [0.1, 0.15) is 24.0 Å². The van der Waals surface area contributed by atoms with E-state index in [2.05, 4.69) is 20.3 Å². The monoisotopic (exact) mass is 452 g/mol. The maximum Gasteiger partial charge on any atom is 0.238 e. The highest BCUT2D eigenvalue weighted by atomic mass is 16.5. The normalized spacial score (nSPS) is 12.0. The molecule has 10 heteroatoms. The summed E-state index contributed by atoms with van der Waals surface area (Å²) in [5.74, 6) is 1.98. The summed E-state index contributed by atoms with van der Waals surface area (Å²) >= 11 is 0. The van der Waals surface area contributed by atoms with E-state index in [9.17, 15) is 10.4 Å². The molecule has 0 aliphatic heterocycles. The van der Waals surface area contributed by atoms with Crippen molar-refractivity contribution in [3.8, 4) is 29.3 Å². The van der Waals surface area contributed by atoms with E-state index in [1.165, 1.54) is 0 Å². The zero-order valence-corrected chi connectivity index (χ0v) is 18.7. The molecule has 168 valence electrons. The van der Waals surface area contributed by atoms with E-state index >= 15 is 0 Å². The number of rotatable bonds is 5. The van der Waals surface area contributed by atoms with Crippen molar-refractivity contribution in [3.63, 3.8) is 0 Å². The van der Waals surface area contributed by atoms with Crippen molar-refractivity contribution < 1.29 is 9.84 Å². The third-order valence-corrected chi connectivity index (χ3v) is 5.30. The van der Waals surface area contributed by atoms with Gasteiger partial charge in [0.25, 0.3) is 0 Å². The number of nitriles is 1. The average molecular weight is 452 g/mol. The lowest BCUT2D eigenvalue weighted by molar-refractivity contribution is 0.198. The Bertz CT molecular complexity index is 1540. The molecule has 0 aliphatic carbocycles. The van der Waals surface area contributed by atoms with Crippen LogP contribution in [0.25, 0.3) is 22.7 Å². The first-order chi connectivity index (χ1) is 16.4. The number of pyridine rings is 1. The molecule has 0 radical (unpaired) electrons. The van der Waals surface area contributed by atoms with Crippen LogP contribution in [0.3, 0.4) is 0 Å². The Morgan fingerprint density at radius 3 is 2.62 bits per heavy atom. The Kier molecular flexibility index (Phi) is 5.24. The average Bonchev–Trinajstić information content (AvgIpc) is 3.43. The number of hydrogen-bond acceptors (Lipinski definition) is 8. The van der Waals surface area contributed by atoms with Crippen molar-refractivity contribution in [2.45, 2.75) is 26.9 Å². The van der Waals surface area contributed by atoms with Crippen molar-refractivity contribution in [1.82, 2.24) is 34.5 Å². The lowest BCUT2D eigenvalue weighted by atomic mass is 10.1. The molecule has 0 bridgehead atoms. The number of benzene rings is 1. The second-order valence-corrected chi connectivity index (χ2v) is 7.83. The number of aliphatic hydroxyl groups excluding tert-OH is 1. The quantitative estimate of drug-likeness (QED) is 0.427. The van der Waals surface area contributed by atoms with Crippen LogP contribution in [-0.2, 0) is 0 Å². The smallest absolute Gasteiger partial charge is 0.238 e. The first-order valence-electron chi connectivity index (χ1n) is 10.5. The Hall–Kier alpha value is -4.62. The second-order valence-electron chi connectivity index (χ2n) is 7.83. The first kappa shape index (κ1) is 21.2. The summed E-state index contributed by atoms with van der Waals surface area (Å²) in [7, 11) is 0. The lowest BCUT2D eigenvalue weighted by Gasteiger charge is -2.14. The molecule has 0 amide bonds. The third kappa shape index (κ3) is 3.85. The number of aromatic nitrogens is 7. The molecule has 1 N–H and O–H groups in total. The number of imidazole rings is 1. The zero-order valence-electron chi connectivity index (χ0n) is 18.7. The Labute approximate surface area is 194 Å². The van der Waals surface area contributed by atoms with E-state index in [-0.39, 0.29) is 5.69 Å². The van der Waals surface area contributed by atoms with E-state index in [0.717, 1.165) is 22.4 Å². The molecule has 1 aromatic carbocycles. The van der Waals surface area contributed by atoms with E-state index in [4.69, 9.17) is 9.72 Å². The molecule has 4 aromatic heterocycles. The van der Waals surface area contributed by atoms with Gasteiger partial charge in [0.05, 0.1) is 22.8 Å². The molecule has 5 aromatic rings. The van der Waals surface area contributed by atoms with Gasteiger partial charge in [0.15, 0.2) is 11.5 Å². The minimum Gasteiger partial charge on any atom is -0.437 e. The van der Waals surface area contributed by atoms with Crippen molar-refractivity contribution in [3.05, 3.63) is 77.5 Å². The molecule has 1 atom stereocenters.